The van der Waals surface area contributed by atoms with Crippen molar-refractivity contribution in [3.8, 4) is 0 Å². The second-order valence-corrected chi connectivity index (χ2v) is 22.1. The summed E-state index contributed by atoms with van der Waals surface area (Å²) in [5, 5.41) is 0. The summed E-state index contributed by atoms with van der Waals surface area (Å²) in [4.78, 5) is 25.2. The van der Waals surface area contributed by atoms with Crippen LogP contribution in [0, 0.1) is 0 Å². The Hall–Kier alpha value is -1.28. The number of phosphoric ester groups is 1. The topological polar surface area (TPSA) is 94.1 Å². The molecular formula is C58H112NO7P. The molecule has 2 atom stereocenters. The first-order valence-electron chi connectivity index (χ1n) is 28.7. The van der Waals surface area contributed by atoms with Gasteiger partial charge in [0.2, 0.25) is 0 Å². The van der Waals surface area contributed by atoms with Gasteiger partial charge in [0, 0.05) is 13.0 Å². The van der Waals surface area contributed by atoms with Gasteiger partial charge in [-0.2, -0.15) is 0 Å². The molecule has 0 spiro atoms. The van der Waals surface area contributed by atoms with E-state index in [-0.39, 0.29) is 25.8 Å². The number of carbonyl (C=O) groups excluding carboxylic acids is 1. The van der Waals surface area contributed by atoms with Crippen LogP contribution in [0.3, 0.4) is 0 Å². The number of quaternary nitrogens is 1. The van der Waals surface area contributed by atoms with Crippen LogP contribution in [0.5, 0.6) is 0 Å². The molecule has 0 radical (unpaired) electrons. The SMILES string of the molecule is CCCCCCC/C=C\C/C=C\CCCCCCCCCCCCCCOCC(COP(=O)([O-])OCC[N+](C)(C)C)OC(=O)CCCCCCCCCCC/C=C\CCCCCCCCCC. The molecule has 396 valence electrons. The zero-order valence-corrected chi connectivity index (χ0v) is 46.0. The number of likely N-dealkylation sites (N-methyl/N-ethyl adjacent to an activating group) is 1. The number of ether oxygens (including phenoxy) is 2. The molecule has 0 amide bonds. The Morgan fingerprint density at radius 2 is 0.821 bits per heavy atom. The van der Waals surface area contributed by atoms with Crippen molar-refractivity contribution in [2.75, 3.05) is 54.1 Å². The zero-order valence-electron chi connectivity index (χ0n) is 45.1. The number of phosphoric acid groups is 1. The van der Waals surface area contributed by atoms with Crippen molar-refractivity contribution < 1.29 is 37.3 Å². The van der Waals surface area contributed by atoms with Gasteiger partial charge >= 0.3 is 5.97 Å². The molecule has 0 aromatic carbocycles. The van der Waals surface area contributed by atoms with E-state index < -0.39 is 13.9 Å². The van der Waals surface area contributed by atoms with Crippen LogP contribution < -0.4 is 4.89 Å². The average molecular weight is 967 g/mol. The number of hydrogen-bond donors (Lipinski definition) is 0. The number of hydrogen-bond acceptors (Lipinski definition) is 7. The van der Waals surface area contributed by atoms with E-state index >= 15 is 0 Å². The predicted molar refractivity (Wildman–Crippen MR) is 287 cm³/mol. The Balaban J connectivity index is 4.07. The second kappa shape index (κ2) is 51.1. The molecule has 8 nitrogen and oxygen atoms in total. The van der Waals surface area contributed by atoms with Crippen molar-refractivity contribution in [1.29, 1.82) is 0 Å². The van der Waals surface area contributed by atoms with Gasteiger partial charge in [-0.25, -0.2) is 0 Å². The predicted octanol–water partition coefficient (Wildman–Crippen LogP) is 17.4. The second-order valence-electron chi connectivity index (χ2n) is 20.6. The fraction of sp³-hybridized carbons (Fsp3) is 0.879. The van der Waals surface area contributed by atoms with E-state index in [2.05, 4.69) is 50.3 Å². The lowest BCUT2D eigenvalue weighted by Crippen LogP contribution is -2.37. The maximum atomic E-state index is 12.8. The van der Waals surface area contributed by atoms with Gasteiger partial charge in [-0.3, -0.25) is 9.36 Å². The summed E-state index contributed by atoms with van der Waals surface area (Å²) in [5.74, 6) is -0.332. The fourth-order valence-corrected chi connectivity index (χ4v) is 8.95. The lowest BCUT2D eigenvalue weighted by Gasteiger charge is -2.28. The maximum Gasteiger partial charge on any atom is 0.306 e. The fourth-order valence-electron chi connectivity index (χ4n) is 8.22. The Labute approximate surface area is 416 Å². The van der Waals surface area contributed by atoms with E-state index in [1.165, 1.54) is 212 Å². The Morgan fingerprint density at radius 1 is 0.463 bits per heavy atom. The molecule has 0 rings (SSSR count). The van der Waals surface area contributed by atoms with Crippen molar-refractivity contribution in [3.05, 3.63) is 36.5 Å². The van der Waals surface area contributed by atoms with E-state index in [1.54, 1.807) is 0 Å². The van der Waals surface area contributed by atoms with Crippen molar-refractivity contribution in [1.82, 2.24) is 0 Å². The number of carbonyl (C=O) groups is 1. The van der Waals surface area contributed by atoms with Crippen LogP contribution in [0.2, 0.25) is 0 Å². The van der Waals surface area contributed by atoms with Crippen molar-refractivity contribution in [2.24, 2.45) is 0 Å². The van der Waals surface area contributed by atoms with E-state index in [1.807, 2.05) is 21.1 Å². The molecule has 0 N–H and O–H groups in total. The van der Waals surface area contributed by atoms with Gasteiger partial charge in [0.25, 0.3) is 7.82 Å². The van der Waals surface area contributed by atoms with Crippen molar-refractivity contribution in [3.63, 3.8) is 0 Å². The van der Waals surface area contributed by atoms with Gasteiger partial charge in [-0.1, -0.05) is 230 Å². The molecule has 0 saturated carbocycles. The van der Waals surface area contributed by atoms with Gasteiger partial charge in [0.1, 0.15) is 19.3 Å². The number of nitrogens with zero attached hydrogens (tertiary/aromatic N) is 1. The van der Waals surface area contributed by atoms with E-state index in [0.29, 0.717) is 24.1 Å². The molecule has 0 aromatic heterocycles. The first-order chi connectivity index (χ1) is 32.6. The van der Waals surface area contributed by atoms with Gasteiger partial charge < -0.3 is 27.9 Å². The van der Waals surface area contributed by atoms with Crippen molar-refractivity contribution in [2.45, 2.75) is 277 Å². The first-order valence-corrected chi connectivity index (χ1v) is 30.2. The van der Waals surface area contributed by atoms with Crippen LogP contribution in [0.4, 0.5) is 0 Å². The lowest BCUT2D eigenvalue weighted by atomic mass is 10.0. The van der Waals surface area contributed by atoms with Crippen LogP contribution in [0.15, 0.2) is 36.5 Å². The molecular weight excluding hydrogens is 854 g/mol. The van der Waals surface area contributed by atoms with Gasteiger partial charge in [-0.15, -0.1) is 0 Å². The summed E-state index contributed by atoms with van der Waals surface area (Å²) >= 11 is 0. The largest absolute Gasteiger partial charge is 0.756 e. The van der Waals surface area contributed by atoms with Gasteiger partial charge in [0.05, 0.1) is 34.4 Å². The summed E-state index contributed by atoms with van der Waals surface area (Å²) in [6.45, 7) is 5.44. The highest BCUT2D eigenvalue weighted by Crippen LogP contribution is 2.38. The quantitative estimate of drug-likeness (QED) is 0.0197. The van der Waals surface area contributed by atoms with Crippen LogP contribution in [-0.4, -0.2) is 70.7 Å². The Bertz CT molecular complexity index is 1170. The summed E-state index contributed by atoms with van der Waals surface area (Å²) in [7, 11) is 1.36. The molecule has 0 bridgehead atoms. The van der Waals surface area contributed by atoms with Crippen LogP contribution in [0.25, 0.3) is 0 Å². The zero-order chi connectivity index (χ0) is 49.0. The molecule has 0 aromatic rings. The number of allylic oxidation sites excluding steroid dienone is 6. The number of esters is 1. The molecule has 0 aliphatic rings. The summed E-state index contributed by atoms with van der Waals surface area (Å²) in [6, 6.07) is 0. The molecule has 0 fully saturated rings. The molecule has 2 unspecified atom stereocenters. The van der Waals surface area contributed by atoms with Gasteiger partial charge in [-0.05, 0) is 70.6 Å². The Morgan fingerprint density at radius 3 is 1.22 bits per heavy atom. The van der Waals surface area contributed by atoms with Crippen molar-refractivity contribution >= 4 is 13.8 Å². The minimum Gasteiger partial charge on any atom is -0.756 e. The van der Waals surface area contributed by atoms with Crippen LogP contribution >= 0.6 is 7.82 Å². The molecule has 0 aliphatic heterocycles. The van der Waals surface area contributed by atoms with E-state index in [9.17, 15) is 14.3 Å². The maximum absolute atomic E-state index is 12.8. The molecule has 67 heavy (non-hydrogen) atoms. The van der Waals surface area contributed by atoms with E-state index in [0.717, 1.165) is 38.5 Å². The molecule has 0 saturated heterocycles. The van der Waals surface area contributed by atoms with Crippen LogP contribution in [-0.2, 0) is 27.9 Å². The first kappa shape index (κ1) is 65.7. The normalized spacial score (nSPS) is 13.7. The molecule has 0 aliphatic carbocycles. The van der Waals surface area contributed by atoms with E-state index in [4.69, 9.17) is 18.5 Å². The molecule has 0 heterocycles. The Kier molecular flexibility index (Phi) is 50.1. The minimum absolute atomic E-state index is 0.0264. The summed E-state index contributed by atoms with van der Waals surface area (Å²) < 4.78 is 34.9. The highest BCUT2D eigenvalue weighted by Gasteiger charge is 2.20. The highest BCUT2D eigenvalue weighted by atomic mass is 31.2. The average Bonchev–Trinajstić information content (AvgIpc) is 3.29. The lowest BCUT2D eigenvalue weighted by molar-refractivity contribution is -0.870. The molecule has 9 heteroatoms. The third-order valence-corrected chi connectivity index (χ3v) is 13.6. The number of unbranched alkanes of at least 4 members (excludes halogenated alkanes) is 34. The summed E-state index contributed by atoms with van der Waals surface area (Å²) in [6.07, 6.45) is 63.2. The smallest absolute Gasteiger partial charge is 0.306 e. The highest BCUT2D eigenvalue weighted by molar-refractivity contribution is 7.45. The third kappa shape index (κ3) is 55.5. The standard InChI is InChI=1S/C58H112NO7P/c1-6-8-10-12-14-16-18-20-22-24-26-28-29-30-32-34-36-38-40-42-44-46-48-50-53-63-55-57(56-65-67(61,62)64-54-52-59(3,4)5)66-58(60)51-49-47-45-43-41-39-37-35-33-31-27-25-23-21-19-17-15-13-11-9-7-2/h18,20,24-27,57H,6-17,19,21-23,28-56H2,1-5H3/b20-18-,26-24-,27-25-. The summed E-state index contributed by atoms with van der Waals surface area (Å²) in [5.41, 5.74) is 0. The number of rotatable bonds is 54. The monoisotopic (exact) mass is 966 g/mol. The third-order valence-electron chi connectivity index (χ3n) is 12.7. The van der Waals surface area contributed by atoms with Crippen LogP contribution in [0.1, 0.15) is 271 Å². The minimum atomic E-state index is -4.53. The van der Waals surface area contributed by atoms with Gasteiger partial charge in [0.15, 0.2) is 0 Å².